The van der Waals surface area contributed by atoms with Gasteiger partial charge in [-0.15, -0.1) is 0 Å². The highest BCUT2D eigenvalue weighted by Crippen LogP contribution is 2.21. The molecule has 1 aromatic carbocycles. The predicted octanol–water partition coefficient (Wildman–Crippen LogP) is 3.47. The average molecular weight is 285 g/mol. The normalized spacial score (nSPS) is 15.2. The Labute approximate surface area is 101 Å². The van der Waals surface area contributed by atoms with E-state index in [4.69, 9.17) is 4.74 Å². The molecule has 0 aliphatic carbocycles. The van der Waals surface area contributed by atoms with Crippen molar-refractivity contribution >= 4 is 21.7 Å². The topological polar surface area (TPSA) is 26.3 Å². The molecule has 0 fully saturated rings. The molecule has 2 rings (SSSR count). The van der Waals surface area contributed by atoms with Crippen molar-refractivity contribution < 1.29 is 13.9 Å². The minimum atomic E-state index is -0.370. The summed E-state index contributed by atoms with van der Waals surface area (Å²) in [5.74, 6) is -0.467. The second-order valence-electron chi connectivity index (χ2n) is 3.58. The van der Waals surface area contributed by atoms with Gasteiger partial charge in [0, 0.05) is 11.1 Å². The summed E-state index contributed by atoms with van der Waals surface area (Å²) in [6.07, 6.45) is 3.07. The Morgan fingerprint density at radius 3 is 2.88 bits per heavy atom. The Bertz CT molecular complexity index is 454. The van der Waals surface area contributed by atoms with Crippen molar-refractivity contribution in [2.24, 2.45) is 0 Å². The minimum Gasteiger partial charge on any atom is -0.501 e. The third kappa shape index (κ3) is 2.32. The van der Waals surface area contributed by atoms with E-state index in [2.05, 4.69) is 15.9 Å². The lowest BCUT2D eigenvalue weighted by atomic mass is 10.00. The van der Waals surface area contributed by atoms with Crippen molar-refractivity contribution in [2.45, 2.75) is 12.8 Å². The van der Waals surface area contributed by atoms with Gasteiger partial charge in [-0.05, 0) is 47.0 Å². The number of hydrogen-bond acceptors (Lipinski definition) is 2. The molecule has 0 spiro atoms. The van der Waals surface area contributed by atoms with Gasteiger partial charge in [-0.2, -0.15) is 0 Å². The van der Waals surface area contributed by atoms with Gasteiger partial charge in [0.1, 0.15) is 5.82 Å². The molecule has 1 aromatic rings. The number of carbonyl (C=O) groups excluding carboxylic acids is 1. The Morgan fingerprint density at radius 1 is 1.44 bits per heavy atom. The van der Waals surface area contributed by atoms with E-state index in [0.717, 1.165) is 6.42 Å². The van der Waals surface area contributed by atoms with E-state index in [9.17, 15) is 9.18 Å². The van der Waals surface area contributed by atoms with Crippen LogP contribution in [0.5, 0.6) is 0 Å². The number of allylic oxidation sites excluding steroid dienone is 1. The summed E-state index contributed by atoms with van der Waals surface area (Å²) in [6, 6.07) is 4.26. The van der Waals surface area contributed by atoms with E-state index < -0.39 is 0 Å². The number of benzene rings is 1. The summed E-state index contributed by atoms with van der Waals surface area (Å²) in [5.41, 5.74) is 1.12. The summed E-state index contributed by atoms with van der Waals surface area (Å²) >= 11 is 3.06. The fourth-order valence-corrected chi connectivity index (χ4v) is 1.93. The molecule has 2 nitrogen and oxygen atoms in total. The van der Waals surface area contributed by atoms with Crippen LogP contribution >= 0.6 is 15.9 Å². The zero-order chi connectivity index (χ0) is 11.5. The van der Waals surface area contributed by atoms with Crippen LogP contribution in [0.25, 0.3) is 0 Å². The number of Topliss-reactive ketones (excluding diaryl/α,β-unsaturated/α-hetero) is 1. The largest absolute Gasteiger partial charge is 0.501 e. The molecule has 0 amide bonds. The lowest BCUT2D eigenvalue weighted by Crippen LogP contribution is -2.09. The standard InChI is InChI=1S/C12H10BrFO2/c13-10-6-8(3-4-11(10)14)12(15)9-2-1-5-16-7-9/h3-4,6-7H,1-2,5H2. The first-order valence-electron chi connectivity index (χ1n) is 4.99. The van der Waals surface area contributed by atoms with Crippen molar-refractivity contribution in [2.75, 3.05) is 6.61 Å². The zero-order valence-corrected chi connectivity index (χ0v) is 10.1. The number of ether oxygens (including phenoxy) is 1. The van der Waals surface area contributed by atoms with Crippen molar-refractivity contribution in [3.8, 4) is 0 Å². The summed E-state index contributed by atoms with van der Waals surface area (Å²) in [7, 11) is 0. The first-order chi connectivity index (χ1) is 7.68. The van der Waals surface area contributed by atoms with Crippen molar-refractivity contribution in [3.63, 3.8) is 0 Å². The number of rotatable bonds is 2. The molecular formula is C12H10BrFO2. The van der Waals surface area contributed by atoms with E-state index in [1.807, 2.05) is 0 Å². The molecule has 0 atom stereocenters. The summed E-state index contributed by atoms with van der Waals surface area (Å²) in [6.45, 7) is 0.657. The summed E-state index contributed by atoms with van der Waals surface area (Å²) < 4.78 is 18.4. The number of hydrogen-bond donors (Lipinski definition) is 0. The van der Waals surface area contributed by atoms with Crippen LogP contribution in [0, 0.1) is 5.82 Å². The number of ketones is 1. The molecule has 0 saturated carbocycles. The second-order valence-corrected chi connectivity index (χ2v) is 4.43. The van der Waals surface area contributed by atoms with E-state index >= 15 is 0 Å². The zero-order valence-electron chi connectivity index (χ0n) is 8.50. The lowest BCUT2D eigenvalue weighted by molar-refractivity contribution is 0.101. The maximum Gasteiger partial charge on any atom is 0.192 e. The van der Waals surface area contributed by atoms with E-state index in [0.29, 0.717) is 28.6 Å². The molecule has 0 unspecified atom stereocenters. The Balaban J connectivity index is 2.26. The smallest absolute Gasteiger partial charge is 0.192 e. The van der Waals surface area contributed by atoms with Crippen molar-refractivity contribution in [1.82, 2.24) is 0 Å². The van der Waals surface area contributed by atoms with E-state index in [1.165, 1.54) is 24.5 Å². The summed E-state index contributed by atoms with van der Waals surface area (Å²) in [5, 5.41) is 0. The third-order valence-corrected chi connectivity index (χ3v) is 3.02. The summed E-state index contributed by atoms with van der Waals surface area (Å²) in [4.78, 5) is 12.0. The van der Waals surface area contributed by atoms with Crippen LogP contribution in [0.15, 0.2) is 34.5 Å². The molecule has 0 saturated heterocycles. The van der Waals surface area contributed by atoms with Gasteiger partial charge in [-0.1, -0.05) is 0 Å². The maximum absolute atomic E-state index is 13.0. The van der Waals surface area contributed by atoms with E-state index in [1.54, 1.807) is 0 Å². The first kappa shape index (κ1) is 11.3. The van der Waals surface area contributed by atoms with Gasteiger partial charge < -0.3 is 4.74 Å². The first-order valence-corrected chi connectivity index (χ1v) is 5.78. The molecule has 0 aromatic heterocycles. The SMILES string of the molecule is O=C(C1=COCCC1)c1ccc(F)c(Br)c1. The third-order valence-electron chi connectivity index (χ3n) is 2.41. The van der Waals surface area contributed by atoms with Gasteiger partial charge in [-0.3, -0.25) is 4.79 Å². The maximum atomic E-state index is 13.0. The predicted molar refractivity (Wildman–Crippen MR) is 61.7 cm³/mol. The molecule has 0 N–H and O–H groups in total. The quantitative estimate of drug-likeness (QED) is 0.778. The average Bonchev–Trinajstić information content (AvgIpc) is 2.33. The van der Waals surface area contributed by atoms with Crippen LogP contribution in [0.1, 0.15) is 23.2 Å². The van der Waals surface area contributed by atoms with Crippen LogP contribution in [0.2, 0.25) is 0 Å². The monoisotopic (exact) mass is 284 g/mol. The van der Waals surface area contributed by atoms with Gasteiger partial charge >= 0.3 is 0 Å². The lowest BCUT2D eigenvalue weighted by Gasteiger charge is -2.12. The number of carbonyl (C=O) groups is 1. The van der Waals surface area contributed by atoms with Gasteiger partial charge in [0.2, 0.25) is 0 Å². The highest BCUT2D eigenvalue weighted by Gasteiger charge is 2.16. The molecule has 1 aliphatic heterocycles. The fraction of sp³-hybridized carbons (Fsp3) is 0.250. The number of halogens is 2. The van der Waals surface area contributed by atoms with Gasteiger partial charge in [0.15, 0.2) is 5.78 Å². The molecule has 1 heterocycles. The van der Waals surface area contributed by atoms with Gasteiger partial charge in [0.05, 0.1) is 17.3 Å². The highest BCUT2D eigenvalue weighted by molar-refractivity contribution is 9.10. The molecule has 1 aliphatic rings. The Morgan fingerprint density at radius 2 is 2.25 bits per heavy atom. The van der Waals surface area contributed by atoms with Crippen LogP contribution in [0.4, 0.5) is 4.39 Å². The molecule has 0 radical (unpaired) electrons. The fourth-order valence-electron chi connectivity index (χ4n) is 1.55. The van der Waals surface area contributed by atoms with Crippen LogP contribution < -0.4 is 0 Å². The Kier molecular flexibility index (Phi) is 3.39. The van der Waals surface area contributed by atoms with Crippen LogP contribution in [-0.2, 0) is 4.74 Å². The highest BCUT2D eigenvalue weighted by atomic mass is 79.9. The Hall–Kier alpha value is -1.16. The molecule has 16 heavy (non-hydrogen) atoms. The van der Waals surface area contributed by atoms with Crippen LogP contribution in [0.3, 0.4) is 0 Å². The van der Waals surface area contributed by atoms with Crippen LogP contribution in [-0.4, -0.2) is 12.4 Å². The van der Waals surface area contributed by atoms with Gasteiger partial charge in [0.25, 0.3) is 0 Å². The van der Waals surface area contributed by atoms with E-state index in [-0.39, 0.29) is 11.6 Å². The van der Waals surface area contributed by atoms with Crippen molar-refractivity contribution in [1.29, 1.82) is 0 Å². The molecule has 4 heteroatoms. The molecule has 84 valence electrons. The minimum absolute atomic E-state index is 0.0969. The van der Waals surface area contributed by atoms with Crippen molar-refractivity contribution in [3.05, 3.63) is 45.9 Å². The molecule has 0 bridgehead atoms. The second kappa shape index (κ2) is 4.78. The molecular weight excluding hydrogens is 275 g/mol. The van der Waals surface area contributed by atoms with Gasteiger partial charge in [-0.25, -0.2) is 4.39 Å².